The Bertz CT molecular complexity index is 719. The molecule has 1 aromatic heterocycles. The molecular weight excluding hydrogens is 282 g/mol. The van der Waals surface area contributed by atoms with Crippen molar-refractivity contribution in [3.63, 3.8) is 0 Å². The maximum absolute atomic E-state index is 12.7. The molecule has 0 spiro atoms. The predicted octanol–water partition coefficient (Wildman–Crippen LogP) is 3.06. The molecular formula is C17H19NO4. The number of hydrogen-bond acceptors (Lipinski definition) is 4. The molecule has 1 amide bonds. The number of carbonyl (C=O) groups excluding carboxylic acids is 1. The van der Waals surface area contributed by atoms with Crippen molar-refractivity contribution in [2.75, 3.05) is 13.7 Å². The minimum absolute atomic E-state index is 0.102. The third kappa shape index (κ3) is 2.22. The molecule has 1 atom stereocenters. The standard InChI is InChI=1S/C17H19NO4/c1-10-5-7-22-16(10)17(20)18-6-4-12-8-14(19)15(21-3)9-13(12)11(18)2/h5,7-9,11,19H,4,6H2,1-3H3/t11-/m0/s1. The lowest BCUT2D eigenvalue weighted by molar-refractivity contribution is 0.0643. The van der Waals surface area contributed by atoms with Gasteiger partial charge in [0.05, 0.1) is 19.4 Å². The van der Waals surface area contributed by atoms with E-state index in [1.165, 1.54) is 13.4 Å². The quantitative estimate of drug-likeness (QED) is 0.926. The predicted molar refractivity (Wildman–Crippen MR) is 81.3 cm³/mol. The van der Waals surface area contributed by atoms with E-state index in [0.717, 1.165) is 16.7 Å². The smallest absolute Gasteiger partial charge is 0.290 e. The molecule has 0 unspecified atom stereocenters. The summed E-state index contributed by atoms with van der Waals surface area (Å²) in [5.74, 6) is 0.845. The van der Waals surface area contributed by atoms with E-state index >= 15 is 0 Å². The van der Waals surface area contributed by atoms with Gasteiger partial charge in [-0.05, 0) is 49.6 Å². The molecule has 0 bridgehead atoms. The lowest BCUT2D eigenvalue weighted by Gasteiger charge is -2.35. The molecule has 1 aliphatic heterocycles. The zero-order valence-corrected chi connectivity index (χ0v) is 12.9. The minimum atomic E-state index is -0.104. The first-order valence-electron chi connectivity index (χ1n) is 7.27. The topological polar surface area (TPSA) is 62.9 Å². The Hall–Kier alpha value is -2.43. The van der Waals surface area contributed by atoms with E-state index in [9.17, 15) is 9.90 Å². The van der Waals surface area contributed by atoms with Gasteiger partial charge in [-0.25, -0.2) is 0 Å². The summed E-state index contributed by atoms with van der Waals surface area (Å²) in [5, 5.41) is 9.89. The number of phenols is 1. The Morgan fingerprint density at radius 1 is 1.45 bits per heavy atom. The molecule has 0 saturated carbocycles. The summed E-state index contributed by atoms with van der Waals surface area (Å²) in [6.45, 7) is 4.43. The molecule has 2 aromatic rings. The Morgan fingerprint density at radius 3 is 2.86 bits per heavy atom. The Morgan fingerprint density at radius 2 is 2.23 bits per heavy atom. The first-order chi connectivity index (χ1) is 10.5. The molecule has 116 valence electrons. The number of hydrogen-bond donors (Lipinski definition) is 1. The number of nitrogens with zero attached hydrogens (tertiary/aromatic N) is 1. The maximum atomic E-state index is 12.7. The molecule has 1 N–H and O–H groups in total. The number of rotatable bonds is 2. The van der Waals surface area contributed by atoms with Crippen LogP contribution in [0.5, 0.6) is 11.5 Å². The average Bonchev–Trinajstić information content (AvgIpc) is 2.92. The number of carbonyl (C=O) groups is 1. The van der Waals surface area contributed by atoms with Gasteiger partial charge in [0, 0.05) is 12.1 Å². The SMILES string of the molecule is COc1cc2c(cc1O)CCN(C(=O)c1occc1C)[C@H]2C. The number of phenolic OH excluding ortho intramolecular Hbond substituents is 1. The highest BCUT2D eigenvalue weighted by Crippen LogP contribution is 2.37. The molecule has 1 aliphatic rings. The van der Waals surface area contributed by atoms with Crippen LogP contribution in [0.25, 0.3) is 0 Å². The molecule has 0 saturated heterocycles. The largest absolute Gasteiger partial charge is 0.504 e. The fraction of sp³-hybridized carbons (Fsp3) is 0.353. The van der Waals surface area contributed by atoms with Gasteiger partial charge in [-0.15, -0.1) is 0 Å². The van der Waals surface area contributed by atoms with Crippen LogP contribution < -0.4 is 4.74 Å². The lowest BCUT2D eigenvalue weighted by atomic mass is 9.92. The second-order valence-electron chi connectivity index (χ2n) is 5.58. The van der Waals surface area contributed by atoms with Crippen molar-refractivity contribution in [2.24, 2.45) is 0 Å². The summed E-state index contributed by atoms with van der Waals surface area (Å²) in [6, 6.07) is 5.22. The van der Waals surface area contributed by atoms with Crippen molar-refractivity contribution in [3.05, 3.63) is 46.9 Å². The Balaban J connectivity index is 1.95. The number of amides is 1. The van der Waals surface area contributed by atoms with E-state index in [0.29, 0.717) is 24.5 Å². The van der Waals surface area contributed by atoms with Gasteiger partial charge in [-0.2, -0.15) is 0 Å². The Labute approximate surface area is 129 Å². The van der Waals surface area contributed by atoms with Crippen LogP contribution in [-0.2, 0) is 6.42 Å². The van der Waals surface area contributed by atoms with Crippen LogP contribution in [0.15, 0.2) is 28.9 Å². The summed E-state index contributed by atoms with van der Waals surface area (Å²) < 4.78 is 10.5. The highest BCUT2D eigenvalue weighted by atomic mass is 16.5. The zero-order chi connectivity index (χ0) is 15.9. The van der Waals surface area contributed by atoms with E-state index in [2.05, 4.69) is 0 Å². The maximum Gasteiger partial charge on any atom is 0.290 e. The lowest BCUT2D eigenvalue weighted by Crippen LogP contribution is -2.39. The minimum Gasteiger partial charge on any atom is -0.504 e. The molecule has 0 aliphatic carbocycles. The second-order valence-corrected chi connectivity index (χ2v) is 5.58. The van der Waals surface area contributed by atoms with Crippen molar-refractivity contribution < 1.29 is 19.1 Å². The van der Waals surface area contributed by atoms with Gasteiger partial charge in [0.1, 0.15) is 0 Å². The Kier molecular flexibility index (Phi) is 3.56. The number of benzene rings is 1. The van der Waals surface area contributed by atoms with E-state index in [1.54, 1.807) is 17.0 Å². The van der Waals surface area contributed by atoms with Gasteiger partial charge < -0.3 is 19.2 Å². The number of aryl methyl sites for hydroxylation is 1. The van der Waals surface area contributed by atoms with E-state index < -0.39 is 0 Å². The molecule has 5 heteroatoms. The van der Waals surface area contributed by atoms with Crippen molar-refractivity contribution in [3.8, 4) is 11.5 Å². The van der Waals surface area contributed by atoms with Gasteiger partial charge in [0.15, 0.2) is 17.3 Å². The summed E-state index contributed by atoms with van der Waals surface area (Å²) in [5.41, 5.74) is 2.88. The summed E-state index contributed by atoms with van der Waals surface area (Å²) in [7, 11) is 1.52. The third-order valence-electron chi connectivity index (χ3n) is 4.30. The van der Waals surface area contributed by atoms with Gasteiger partial charge in [-0.3, -0.25) is 4.79 Å². The fourth-order valence-electron chi connectivity index (χ4n) is 3.00. The van der Waals surface area contributed by atoms with Crippen LogP contribution in [0.3, 0.4) is 0 Å². The van der Waals surface area contributed by atoms with Crippen LogP contribution in [0.4, 0.5) is 0 Å². The van der Waals surface area contributed by atoms with Crippen LogP contribution in [0.2, 0.25) is 0 Å². The molecule has 2 heterocycles. The highest BCUT2D eigenvalue weighted by molar-refractivity contribution is 5.93. The number of aromatic hydroxyl groups is 1. The fourth-order valence-corrected chi connectivity index (χ4v) is 3.00. The normalized spacial score (nSPS) is 17.2. The number of ether oxygens (including phenoxy) is 1. The molecule has 3 rings (SSSR count). The monoisotopic (exact) mass is 301 g/mol. The first kappa shape index (κ1) is 14.5. The highest BCUT2D eigenvalue weighted by Gasteiger charge is 2.31. The van der Waals surface area contributed by atoms with Crippen LogP contribution in [0.1, 0.15) is 40.2 Å². The zero-order valence-electron chi connectivity index (χ0n) is 12.9. The van der Waals surface area contributed by atoms with Crippen LogP contribution in [-0.4, -0.2) is 29.6 Å². The number of methoxy groups -OCH3 is 1. The summed E-state index contributed by atoms with van der Waals surface area (Å²) in [4.78, 5) is 14.5. The number of fused-ring (bicyclic) bond motifs is 1. The summed E-state index contributed by atoms with van der Waals surface area (Å²) >= 11 is 0. The molecule has 5 nitrogen and oxygen atoms in total. The van der Waals surface area contributed by atoms with Crippen molar-refractivity contribution >= 4 is 5.91 Å². The van der Waals surface area contributed by atoms with E-state index in [4.69, 9.17) is 9.15 Å². The molecule has 0 radical (unpaired) electrons. The van der Waals surface area contributed by atoms with Crippen molar-refractivity contribution in [2.45, 2.75) is 26.3 Å². The van der Waals surface area contributed by atoms with Gasteiger partial charge in [0.2, 0.25) is 0 Å². The molecule has 22 heavy (non-hydrogen) atoms. The molecule has 1 aromatic carbocycles. The van der Waals surface area contributed by atoms with Gasteiger partial charge in [0.25, 0.3) is 5.91 Å². The van der Waals surface area contributed by atoms with Crippen LogP contribution in [0, 0.1) is 6.92 Å². The second kappa shape index (κ2) is 5.40. The molecule has 0 fully saturated rings. The number of furan rings is 1. The van der Waals surface area contributed by atoms with E-state index in [-0.39, 0.29) is 17.7 Å². The van der Waals surface area contributed by atoms with Gasteiger partial charge in [-0.1, -0.05) is 0 Å². The van der Waals surface area contributed by atoms with Crippen molar-refractivity contribution in [1.82, 2.24) is 4.90 Å². The third-order valence-corrected chi connectivity index (χ3v) is 4.30. The summed E-state index contributed by atoms with van der Waals surface area (Å²) in [6.07, 6.45) is 2.23. The van der Waals surface area contributed by atoms with E-state index in [1.807, 2.05) is 19.9 Å². The first-order valence-corrected chi connectivity index (χ1v) is 7.27. The van der Waals surface area contributed by atoms with Gasteiger partial charge >= 0.3 is 0 Å². The van der Waals surface area contributed by atoms with Crippen LogP contribution >= 0.6 is 0 Å². The average molecular weight is 301 g/mol. The van der Waals surface area contributed by atoms with Crippen molar-refractivity contribution in [1.29, 1.82) is 0 Å².